The van der Waals surface area contributed by atoms with E-state index in [2.05, 4.69) is 380 Å². The maximum atomic E-state index is 2.58. The molecule has 4 aliphatic rings. The number of benzene rings is 12. The Balaban J connectivity index is 0.000000158. The topological polar surface area (TPSA) is 13.0 Å². The highest BCUT2D eigenvalue weighted by atomic mass is 28.3. The lowest BCUT2D eigenvalue weighted by Gasteiger charge is -2.45. The molecular weight excluding hydrogens is 1170 g/mol. The largest absolute Gasteiger partial charge is 0.311 e. The van der Waals surface area contributed by atoms with Crippen LogP contribution in [0.1, 0.15) is 63.8 Å². The summed E-state index contributed by atoms with van der Waals surface area (Å²) in [5.41, 5.74) is 28.5. The highest BCUT2D eigenvalue weighted by molar-refractivity contribution is 7.03. The van der Waals surface area contributed by atoms with E-state index in [0.29, 0.717) is 0 Å². The maximum Gasteiger partial charge on any atom is 0.252 e. The van der Waals surface area contributed by atoms with Crippen LogP contribution in [0.5, 0.6) is 0 Å². The van der Waals surface area contributed by atoms with Gasteiger partial charge in [-0.05, 0) is 166 Å². The predicted molar refractivity (Wildman–Crippen MR) is 414 cm³/mol. The molecule has 0 fully saturated rings. The van der Waals surface area contributed by atoms with Crippen molar-refractivity contribution in [3.05, 3.63) is 301 Å². The van der Waals surface area contributed by atoms with Gasteiger partial charge in [0.25, 0.3) is 13.4 Å². The monoisotopic (exact) mass is 1250 g/mol. The van der Waals surface area contributed by atoms with Crippen molar-refractivity contribution in [3.8, 4) is 0 Å². The first-order chi connectivity index (χ1) is 45.3. The molecule has 0 atom stereocenters. The second kappa shape index (κ2) is 23.2. The molecule has 16 rings (SSSR count). The predicted octanol–water partition coefficient (Wildman–Crippen LogP) is 16.4. The number of hydrogen-bond acceptors (Lipinski definition) is 4. The fourth-order valence-corrected chi connectivity index (χ4v) is 20.0. The van der Waals surface area contributed by atoms with Crippen molar-refractivity contribution in [2.24, 2.45) is 0 Å². The van der Waals surface area contributed by atoms with Crippen LogP contribution in [-0.4, -0.2) is 29.6 Å². The van der Waals surface area contributed by atoms with Gasteiger partial charge in [-0.2, -0.15) is 0 Å². The van der Waals surface area contributed by atoms with Gasteiger partial charge in [0.15, 0.2) is 0 Å². The van der Waals surface area contributed by atoms with Gasteiger partial charge in [-0.25, -0.2) is 0 Å². The molecule has 0 N–H and O–H groups in total. The summed E-state index contributed by atoms with van der Waals surface area (Å²) in [4.78, 5) is 10.1. The summed E-state index contributed by atoms with van der Waals surface area (Å²) in [6, 6.07) is 105. The Morgan fingerprint density at radius 3 is 0.979 bits per heavy atom. The molecule has 12 aromatic rings. The van der Waals surface area contributed by atoms with Crippen LogP contribution in [-0.2, 0) is 10.8 Å². The SMILES string of the molecule is C[Si](C)(c1ccccc1)c1cc2c3c(c1)N(c1ccccc1)c1ccccc1B3c1ccccc1N2c1ccccc1.Cc1ccc(N2c3ccc(C)cc3B3c4cc(C(C)(C)C)ccc4N(c4ccc(C(C)(C)C)cc4)c4cc([Si](C)(C)c5ccccc5)cc2c43)cc1. The Bertz CT molecular complexity index is 4740. The van der Waals surface area contributed by atoms with Gasteiger partial charge in [0, 0.05) is 68.2 Å². The second-order valence-electron chi connectivity index (χ2n) is 29.6. The molecule has 0 amide bonds. The number of anilines is 12. The van der Waals surface area contributed by atoms with E-state index in [-0.39, 0.29) is 24.3 Å². The van der Waals surface area contributed by atoms with Crippen LogP contribution in [0.4, 0.5) is 68.2 Å². The summed E-state index contributed by atoms with van der Waals surface area (Å²) in [6.45, 7) is 28.6. The minimum Gasteiger partial charge on any atom is -0.311 e. The lowest BCUT2D eigenvalue weighted by atomic mass is 9.33. The lowest BCUT2D eigenvalue weighted by molar-refractivity contribution is 0.590. The number of hydrogen-bond donors (Lipinski definition) is 0. The molecule has 12 aromatic carbocycles. The molecule has 4 heterocycles. The molecule has 8 heteroatoms. The van der Waals surface area contributed by atoms with Gasteiger partial charge in [0.1, 0.15) is 16.1 Å². The van der Waals surface area contributed by atoms with E-state index in [1.807, 2.05) is 0 Å². The highest BCUT2D eigenvalue weighted by Crippen LogP contribution is 2.47. The smallest absolute Gasteiger partial charge is 0.252 e. The zero-order valence-corrected chi connectivity index (χ0v) is 58.5. The summed E-state index contributed by atoms with van der Waals surface area (Å²) in [7, 11) is -4.20. The number of rotatable bonds is 8. The van der Waals surface area contributed by atoms with Crippen molar-refractivity contribution < 1.29 is 0 Å². The first-order valence-corrected chi connectivity index (χ1v) is 39.6. The van der Waals surface area contributed by atoms with Gasteiger partial charge in [0.05, 0.1) is 0 Å². The first-order valence-electron chi connectivity index (χ1n) is 33.6. The molecule has 0 unspecified atom stereocenters. The molecule has 0 radical (unpaired) electrons. The van der Waals surface area contributed by atoms with Gasteiger partial charge in [-0.3, -0.25) is 0 Å². The average molecular weight is 1250 g/mol. The van der Waals surface area contributed by atoms with E-state index in [4.69, 9.17) is 0 Å². The average Bonchev–Trinajstić information content (AvgIpc) is 0.703. The third-order valence-electron chi connectivity index (χ3n) is 20.7. The van der Waals surface area contributed by atoms with Crippen molar-refractivity contribution in [2.45, 2.75) is 92.4 Å². The molecule has 4 aliphatic heterocycles. The summed E-state index contributed by atoms with van der Waals surface area (Å²) < 4.78 is 0. The number of fused-ring (bicyclic) bond motifs is 8. The third-order valence-corrected chi connectivity index (χ3v) is 27.7. The molecule has 4 nitrogen and oxygen atoms in total. The Morgan fingerprint density at radius 2 is 0.564 bits per heavy atom. The fraction of sp³-hybridized carbons (Fsp3) is 0.163. The normalized spacial score (nSPS) is 13.6. The van der Waals surface area contributed by atoms with Crippen molar-refractivity contribution in [1.29, 1.82) is 0 Å². The van der Waals surface area contributed by atoms with Gasteiger partial charge in [-0.1, -0.05) is 282 Å². The van der Waals surface area contributed by atoms with Crippen molar-refractivity contribution >= 4 is 151 Å². The Labute approximate surface area is 561 Å². The summed E-state index contributed by atoms with van der Waals surface area (Å²) in [6.07, 6.45) is 0. The van der Waals surface area contributed by atoms with Crippen LogP contribution >= 0.6 is 0 Å². The highest BCUT2D eigenvalue weighted by Gasteiger charge is 2.47. The molecule has 0 aliphatic carbocycles. The molecular formula is C86H82B2N4Si2. The van der Waals surface area contributed by atoms with Crippen LogP contribution in [0.2, 0.25) is 26.2 Å². The second-order valence-corrected chi connectivity index (χ2v) is 38.4. The molecule has 0 spiro atoms. The number of aryl methyl sites for hydroxylation is 2. The van der Waals surface area contributed by atoms with Gasteiger partial charge < -0.3 is 19.6 Å². The molecule has 0 aromatic heterocycles. The van der Waals surface area contributed by atoms with Crippen molar-refractivity contribution in [3.63, 3.8) is 0 Å². The van der Waals surface area contributed by atoms with Crippen LogP contribution in [0.25, 0.3) is 0 Å². The quantitative estimate of drug-likeness (QED) is 0.141. The molecule has 0 bridgehead atoms. The molecule has 460 valence electrons. The summed E-state index contributed by atoms with van der Waals surface area (Å²) in [5, 5.41) is 5.75. The summed E-state index contributed by atoms with van der Waals surface area (Å²) >= 11 is 0. The summed E-state index contributed by atoms with van der Waals surface area (Å²) in [5.74, 6) is 0. The van der Waals surface area contributed by atoms with E-state index in [9.17, 15) is 0 Å². The molecule has 94 heavy (non-hydrogen) atoms. The minimum atomic E-state index is -2.14. The fourth-order valence-electron chi connectivity index (χ4n) is 15.3. The zero-order chi connectivity index (χ0) is 65.0. The van der Waals surface area contributed by atoms with E-state index >= 15 is 0 Å². The Morgan fingerprint density at radius 1 is 0.255 bits per heavy atom. The first kappa shape index (κ1) is 60.6. The van der Waals surface area contributed by atoms with E-state index in [0.717, 1.165) is 0 Å². The van der Waals surface area contributed by atoms with Crippen molar-refractivity contribution in [2.75, 3.05) is 19.6 Å². The van der Waals surface area contributed by atoms with Gasteiger partial charge in [0.2, 0.25) is 0 Å². The van der Waals surface area contributed by atoms with E-state index in [1.54, 1.807) is 0 Å². The minimum absolute atomic E-state index is 0.0184. The van der Waals surface area contributed by atoms with Gasteiger partial charge >= 0.3 is 0 Å². The number of para-hydroxylation sites is 4. The van der Waals surface area contributed by atoms with E-state index in [1.165, 1.54) is 144 Å². The van der Waals surface area contributed by atoms with Crippen LogP contribution in [0, 0.1) is 13.8 Å². The van der Waals surface area contributed by atoms with Crippen LogP contribution in [0.3, 0.4) is 0 Å². The van der Waals surface area contributed by atoms with Crippen LogP contribution in [0.15, 0.2) is 279 Å². The maximum absolute atomic E-state index is 2.58. The molecule has 0 saturated carbocycles. The molecule has 0 saturated heterocycles. The zero-order valence-electron chi connectivity index (χ0n) is 56.5. The third kappa shape index (κ3) is 10.3. The van der Waals surface area contributed by atoms with Gasteiger partial charge in [-0.15, -0.1) is 0 Å². The van der Waals surface area contributed by atoms with E-state index < -0.39 is 16.1 Å². The van der Waals surface area contributed by atoms with Crippen molar-refractivity contribution in [1.82, 2.24) is 0 Å². The van der Waals surface area contributed by atoms with Crippen LogP contribution < -0.4 is 73.1 Å². The Hall–Kier alpha value is -9.60. The lowest BCUT2D eigenvalue weighted by Crippen LogP contribution is -2.63. The Kier molecular flexibility index (Phi) is 14.9. The standard InChI is InChI=1S/C48H51BN2Si.C38H31BN2Si/c1-32-16-22-36(23-17-32)50-42-26-18-33(2)28-40(42)49-41-29-35(48(6,7)8)21-27-43(41)51(37-24-19-34(20-25-37)47(3,4)5)45-31-39(30-44(50)46(45)49)52(9,10)38-14-12-11-13-15-38;1-42(2,30-20-10-5-11-21-30)31-26-36-38-37(27-31)41(29-18-8-4-9-19-29)35-25-15-13-23-33(35)39(38)32-22-12-14-24-34(32)40(36)28-16-6-3-7-17-28/h11-31H,1-10H3;3-27H,1-2H3. The number of nitrogens with zero attached hydrogens (tertiary/aromatic N) is 4.